The van der Waals surface area contributed by atoms with Crippen LogP contribution in [0.2, 0.25) is 5.02 Å². The van der Waals surface area contributed by atoms with Crippen molar-refractivity contribution in [3.05, 3.63) is 58.7 Å². The molecule has 1 aromatic heterocycles. The van der Waals surface area contributed by atoms with Crippen molar-refractivity contribution >= 4 is 23.3 Å². The maximum Gasteiger partial charge on any atom is 0.224 e. The Bertz CT molecular complexity index is 756. The van der Waals surface area contributed by atoms with Crippen molar-refractivity contribution in [2.75, 3.05) is 18.0 Å². The summed E-state index contributed by atoms with van der Waals surface area (Å²) in [6.07, 6.45) is 5.23. The van der Waals surface area contributed by atoms with Gasteiger partial charge in [0.2, 0.25) is 5.91 Å². The molecule has 0 bridgehead atoms. The quantitative estimate of drug-likeness (QED) is 0.888. The molecule has 2 unspecified atom stereocenters. The summed E-state index contributed by atoms with van der Waals surface area (Å²) in [6.45, 7) is 2.71. The highest BCUT2D eigenvalue weighted by molar-refractivity contribution is 6.31. The van der Waals surface area contributed by atoms with Crippen molar-refractivity contribution in [1.29, 1.82) is 0 Å². The fourth-order valence-corrected chi connectivity index (χ4v) is 3.85. The van der Waals surface area contributed by atoms with E-state index in [0.717, 1.165) is 41.5 Å². The van der Waals surface area contributed by atoms with E-state index in [1.807, 2.05) is 30.5 Å². The van der Waals surface area contributed by atoms with Crippen LogP contribution in [0.1, 0.15) is 36.3 Å². The molecule has 1 aliphatic heterocycles. The van der Waals surface area contributed by atoms with Gasteiger partial charge in [0.15, 0.2) is 0 Å². The zero-order valence-electron chi connectivity index (χ0n) is 14.1. The van der Waals surface area contributed by atoms with Crippen LogP contribution in [0.3, 0.4) is 0 Å². The van der Waals surface area contributed by atoms with Crippen LogP contribution in [0.5, 0.6) is 0 Å². The van der Waals surface area contributed by atoms with E-state index < -0.39 is 0 Å². The number of nitrogens with zero attached hydrogens (tertiary/aromatic N) is 2. The minimum Gasteiger partial charge on any atom is -0.357 e. The average molecular weight is 356 g/mol. The van der Waals surface area contributed by atoms with E-state index in [1.165, 1.54) is 12.8 Å². The first-order chi connectivity index (χ1) is 12.2. The first kappa shape index (κ1) is 16.4. The van der Waals surface area contributed by atoms with Gasteiger partial charge >= 0.3 is 0 Å². The normalized spacial score (nSPS) is 22.0. The predicted octanol–water partition coefficient (Wildman–Crippen LogP) is 3.76. The summed E-state index contributed by atoms with van der Waals surface area (Å²) in [4.78, 5) is 19.2. The molecule has 1 aliphatic carbocycles. The Morgan fingerprint density at radius 3 is 2.72 bits per heavy atom. The number of hydrogen-bond donors (Lipinski definition) is 1. The first-order valence-corrected chi connectivity index (χ1v) is 9.32. The second-order valence-corrected chi connectivity index (χ2v) is 7.31. The summed E-state index contributed by atoms with van der Waals surface area (Å²) >= 11 is 6.23. The summed E-state index contributed by atoms with van der Waals surface area (Å²) < 4.78 is 0. The van der Waals surface area contributed by atoms with Gasteiger partial charge in [-0.1, -0.05) is 35.9 Å². The lowest BCUT2D eigenvalue weighted by Crippen LogP contribution is -2.25. The van der Waals surface area contributed by atoms with E-state index in [0.29, 0.717) is 6.54 Å². The third-order valence-electron chi connectivity index (χ3n) is 5.14. The van der Waals surface area contributed by atoms with Crippen LogP contribution >= 0.6 is 11.6 Å². The zero-order valence-corrected chi connectivity index (χ0v) is 14.9. The highest BCUT2D eigenvalue weighted by atomic mass is 35.5. The van der Waals surface area contributed by atoms with Gasteiger partial charge in [-0.15, -0.1) is 0 Å². The fraction of sp³-hybridized carbons (Fsp3) is 0.400. The van der Waals surface area contributed by atoms with Gasteiger partial charge in [0, 0.05) is 36.8 Å². The van der Waals surface area contributed by atoms with Crippen molar-refractivity contribution in [3.63, 3.8) is 0 Å². The van der Waals surface area contributed by atoms with Gasteiger partial charge in [0.05, 0.1) is 0 Å². The number of pyridine rings is 1. The van der Waals surface area contributed by atoms with Crippen molar-refractivity contribution in [1.82, 2.24) is 10.3 Å². The van der Waals surface area contributed by atoms with Crippen LogP contribution in [-0.4, -0.2) is 24.0 Å². The molecular formula is C20H22ClN3O. The zero-order chi connectivity index (χ0) is 17.2. The maximum atomic E-state index is 12.4. The first-order valence-electron chi connectivity index (χ1n) is 8.94. The van der Waals surface area contributed by atoms with Crippen molar-refractivity contribution in [2.45, 2.75) is 31.7 Å². The molecule has 5 heteroatoms. The Morgan fingerprint density at radius 1 is 1.20 bits per heavy atom. The number of halogens is 1. The minimum atomic E-state index is 0.0386. The van der Waals surface area contributed by atoms with Gasteiger partial charge in [-0.05, 0) is 48.4 Å². The van der Waals surface area contributed by atoms with E-state index >= 15 is 0 Å². The molecule has 1 saturated carbocycles. The molecule has 4 nitrogen and oxygen atoms in total. The van der Waals surface area contributed by atoms with Gasteiger partial charge < -0.3 is 10.2 Å². The third kappa shape index (κ3) is 3.64. The van der Waals surface area contributed by atoms with Crippen LogP contribution in [0.15, 0.2) is 42.6 Å². The second-order valence-electron chi connectivity index (χ2n) is 6.91. The van der Waals surface area contributed by atoms with Gasteiger partial charge in [-0.3, -0.25) is 4.79 Å². The van der Waals surface area contributed by atoms with Gasteiger partial charge in [0.25, 0.3) is 0 Å². The number of anilines is 1. The molecule has 1 N–H and O–H groups in total. The summed E-state index contributed by atoms with van der Waals surface area (Å²) in [7, 11) is 0. The van der Waals surface area contributed by atoms with E-state index in [4.69, 9.17) is 11.6 Å². The highest BCUT2D eigenvalue weighted by Gasteiger charge is 2.44. The fourth-order valence-electron chi connectivity index (χ4n) is 3.58. The molecular weight excluding hydrogens is 334 g/mol. The van der Waals surface area contributed by atoms with Crippen molar-refractivity contribution in [3.8, 4) is 0 Å². The Labute approximate surface area is 153 Å². The van der Waals surface area contributed by atoms with Gasteiger partial charge in [-0.25, -0.2) is 4.98 Å². The molecule has 0 radical (unpaired) electrons. The van der Waals surface area contributed by atoms with Crippen LogP contribution < -0.4 is 10.2 Å². The molecule has 1 saturated heterocycles. The Morgan fingerprint density at radius 2 is 2.00 bits per heavy atom. The Balaban J connectivity index is 1.30. The lowest BCUT2D eigenvalue weighted by Gasteiger charge is -2.16. The van der Waals surface area contributed by atoms with Crippen molar-refractivity contribution in [2.24, 2.45) is 5.92 Å². The molecule has 130 valence electrons. The SMILES string of the molecule is O=C(NCc1ccc(N2CCCC2)nc1)C1CC1c1ccccc1Cl. The molecule has 2 aromatic rings. The lowest BCUT2D eigenvalue weighted by atomic mass is 10.1. The molecule has 2 atom stereocenters. The molecule has 25 heavy (non-hydrogen) atoms. The number of amides is 1. The predicted molar refractivity (Wildman–Crippen MR) is 99.8 cm³/mol. The average Bonchev–Trinajstić information content (AvgIpc) is 3.24. The third-order valence-corrected chi connectivity index (χ3v) is 5.48. The highest BCUT2D eigenvalue weighted by Crippen LogP contribution is 2.49. The van der Waals surface area contributed by atoms with E-state index in [1.54, 1.807) is 0 Å². The second kappa shape index (κ2) is 7.04. The van der Waals surface area contributed by atoms with Gasteiger partial charge in [0.1, 0.15) is 5.82 Å². The van der Waals surface area contributed by atoms with E-state index in [-0.39, 0.29) is 17.7 Å². The van der Waals surface area contributed by atoms with Crippen molar-refractivity contribution < 1.29 is 4.79 Å². The largest absolute Gasteiger partial charge is 0.357 e. The number of carbonyl (C=O) groups is 1. The molecule has 1 amide bonds. The summed E-state index contributed by atoms with van der Waals surface area (Å²) in [5.41, 5.74) is 2.12. The summed E-state index contributed by atoms with van der Waals surface area (Å²) in [5.74, 6) is 1.43. The Kier molecular flexibility index (Phi) is 4.62. The molecule has 0 spiro atoms. The molecule has 1 aromatic carbocycles. The van der Waals surface area contributed by atoms with Crippen LogP contribution in [-0.2, 0) is 11.3 Å². The van der Waals surface area contributed by atoms with Crippen LogP contribution in [0, 0.1) is 5.92 Å². The number of nitrogens with one attached hydrogen (secondary N) is 1. The summed E-state index contributed by atoms with van der Waals surface area (Å²) in [5, 5.41) is 3.79. The molecule has 2 fully saturated rings. The number of rotatable bonds is 5. The lowest BCUT2D eigenvalue weighted by molar-refractivity contribution is -0.122. The molecule has 2 heterocycles. The smallest absolute Gasteiger partial charge is 0.224 e. The number of carbonyl (C=O) groups excluding carboxylic acids is 1. The minimum absolute atomic E-state index is 0.0386. The molecule has 2 aliphatic rings. The van der Waals surface area contributed by atoms with E-state index in [2.05, 4.69) is 27.3 Å². The monoisotopic (exact) mass is 355 g/mol. The van der Waals surface area contributed by atoms with Gasteiger partial charge in [-0.2, -0.15) is 0 Å². The van der Waals surface area contributed by atoms with E-state index in [9.17, 15) is 4.79 Å². The van der Waals surface area contributed by atoms with Crippen LogP contribution in [0.25, 0.3) is 0 Å². The number of benzene rings is 1. The molecule has 4 rings (SSSR count). The summed E-state index contributed by atoms with van der Waals surface area (Å²) in [6, 6.07) is 11.9. The van der Waals surface area contributed by atoms with Crippen LogP contribution in [0.4, 0.5) is 5.82 Å². The topological polar surface area (TPSA) is 45.2 Å². The maximum absolute atomic E-state index is 12.4. The Hall–Kier alpha value is -2.07. The number of aromatic nitrogens is 1. The standard InChI is InChI=1S/C20H22ClN3O/c21-18-6-2-1-5-15(18)16-11-17(16)20(25)23-13-14-7-8-19(22-12-14)24-9-3-4-10-24/h1-2,5-8,12,16-17H,3-4,9-11,13H2,(H,23,25). The number of hydrogen-bond acceptors (Lipinski definition) is 3.